The number of carbonyl (C=O) groups is 1. The summed E-state index contributed by atoms with van der Waals surface area (Å²) in [5.41, 5.74) is 5.62. The molecular weight excluding hydrogens is 212 g/mol. The quantitative estimate of drug-likeness (QED) is 0.800. The molecule has 2 fully saturated rings. The number of hydrogen-bond donors (Lipinski definition) is 1. The standard InChI is InChI=1S/C14H26N2O/c1-9-7-10(2)11(3)16(8-9)13(17)14(4,15)12-5-6-12/h9-12H,5-8,15H2,1-4H3. The highest BCUT2D eigenvalue weighted by atomic mass is 16.2. The number of likely N-dealkylation sites (tertiary alicyclic amines) is 1. The first kappa shape index (κ1) is 12.9. The van der Waals surface area contributed by atoms with E-state index in [9.17, 15) is 4.79 Å². The van der Waals surface area contributed by atoms with Crippen LogP contribution in [-0.2, 0) is 4.79 Å². The third-order valence-corrected chi connectivity index (χ3v) is 4.74. The fourth-order valence-corrected chi connectivity index (χ4v) is 3.15. The second kappa shape index (κ2) is 4.27. The van der Waals surface area contributed by atoms with Crippen LogP contribution in [0.15, 0.2) is 0 Å². The van der Waals surface area contributed by atoms with E-state index in [-0.39, 0.29) is 5.91 Å². The van der Waals surface area contributed by atoms with E-state index in [0.717, 1.165) is 19.4 Å². The van der Waals surface area contributed by atoms with Crippen molar-refractivity contribution >= 4 is 5.91 Å². The number of nitrogens with zero attached hydrogens (tertiary/aromatic N) is 1. The van der Waals surface area contributed by atoms with Gasteiger partial charge in [0, 0.05) is 12.6 Å². The molecule has 1 heterocycles. The minimum atomic E-state index is -0.634. The Hall–Kier alpha value is -0.570. The molecule has 1 saturated heterocycles. The van der Waals surface area contributed by atoms with Crippen molar-refractivity contribution in [3.05, 3.63) is 0 Å². The van der Waals surface area contributed by atoms with Crippen molar-refractivity contribution in [2.24, 2.45) is 23.5 Å². The summed E-state index contributed by atoms with van der Waals surface area (Å²) in [4.78, 5) is 14.6. The maximum Gasteiger partial charge on any atom is 0.242 e. The molecule has 0 aromatic carbocycles. The summed E-state index contributed by atoms with van der Waals surface area (Å²) < 4.78 is 0. The summed E-state index contributed by atoms with van der Waals surface area (Å²) in [7, 11) is 0. The van der Waals surface area contributed by atoms with Gasteiger partial charge < -0.3 is 10.6 Å². The molecule has 1 aliphatic heterocycles. The Kier molecular flexibility index (Phi) is 3.23. The van der Waals surface area contributed by atoms with Gasteiger partial charge in [0.2, 0.25) is 5.91 Å². The third-order valence-electron chi connectivity index (χ3n) is 4.74. The lowest BCUT2D eigenvalue weighted by Crippen LogP contribution is -2.60. The molecule has 2 N–H and O–H groups in total. The Morgan fingerprint density at radius 2 is 1.88 bits per heavy atom. The van der Waals surface area contributed by atoms with Gasteiger partial charge in [0.1, 0.15) is 0 Å². The summed E-state index contributed by atoms with van der Waals surface area (Å²) in [6.45, 7) is 9.43. The molecule has 4 unspecified atom stereocenters. The zero-order valence-corrected chi connectivity index (χ0v) is 11.6. The summed E-state index contributed by atoms with van der Waals surface area (Å²) in [5, 5.41) is 0. The molecule has 98 valence electrons. The Balaban J connectivity index is 2.12. The number of amides is 1. The second-order valence-corrected chi connectivity index (χ2v) is 6.57. The molecule has 3 nitrogen and oxygen atoms in total. The van der Waals surface area contributed by atoms with Crippen LogP contribution in [0.25, 0.3) is 0 Å². The highest BCUT2D eigenvalue weighted by molar-refractivity contribution is 5.87. The van der Waals surface area contributed by atoms with E-state index < -0.39 is 5.54 Å². The first-order chi connectivity index (χ1) is 7.84. The minimum absolute atomic E-state index is 0.172. The molecule has 1 aliphatic carbocycles. The molecule has 0 spiro atoms. The van der Waals surface area contributed by atoms with Crippen LogP contribution in [0.2, 0.25) is 0 Å². The average Bonchev–Trinajstić information content (AvgIpc) is 3.06. The molecule has 1 amide bonds. The third kappa shape index (κ3) is 2.35. The maximum atomic E-state index is 12.6. The van der Waals surface area contributed by atoms with Gasteiger partial charge in [-0.3, -0.25) is 4.79 Å². The molecular formula is C14H26N2O. The van der Waals surface area contributed by atoms with Gasteiger partial charge in [-0.15, -0.1) is 0 Å². The Labute approximate surface area is 105 Å². The highest BCUT2D eigenvalue weighted by Gasteiger charge is 2.47. The zero-order chi connectivity index (χ0) is 12.8. The topological polar surface area (TPSA) is 46.3 Å². The van der Waals surface area contributed by atoms with Crippen molar-refractivity contribution in [3.8, 4) is 0 Å². The fraction of sp³-hybridized carbons (Fsp3) is 0.929. The minimum Gasteiger partial charge on any atom is -0.338 e. The van der Waals surface area contributed by atoms with Crippen LogP contribution in [0.3, 0.4) is 0 Å². The van der Waals surface area contributed by atoms with Gasteiger partial charge in [0.15, 0.2) is 0 Å². The van der Waals surface area contributed by atoms with Crippen LogP contribution >= 0.6 is 0 Å². The molecule has 4 atom stereocenters. The van der Waals surface area contributed by atoms with Gasteiger partial charge in [-0.05, 0) is 50.9 Å². The van der Waals surface area contributed by atoms with Gasteiger partial charge in [-0.2, -0.15) is 0 Å². The summed E-state index contributed by atoms with van der Waals surface area (Å²) in [6.07, 6.45) is 3.45. The van der Waals surface area contributed by atoms with E-state index >= 15 is 0 Å². The summed E-state index contributed by atoms with van der Waals surface area (Å²) >= 11 is 0. The lowest BCUT2D eigenvalue weighted by atomic mass is 9.84. The molecule has 1 saturated carbocycles. The predicted molar refractivity (Wildman–Crippen MR) is 69.4 cm³/mol. The van der Waals surface area contributed by atoms with Crippen molar-refractivity contribution in [3.63, 3.8) is 0 Å². The van der Waals surface area contributed by atoms with Crippen molar-refractivity contribution in [2.75, 3.05) is 6.54 Å². The van der Waals surface area contributed by atoms with E-state index in [0.29, 0.717) is 23.8 Å². The Morgan fingerprint density at radius 1 is 1.29 bits per heavy atom. The number of carbonyl (C=O) groups excluding carboxylic acids is 1. The lowest BCUT2D eigenvalue weighted by molar-refractivity contribution is -0.143. The molecule has 2 rings (SSSR count). The molecule has 17 heavy (non-hydrogen) atoms. The van der Waals surface area contributed by atoms with Gasteiger partial charge in [0.05, 0.1) is 5.54 Å². The number of piperidine rings is 1. The number of hydrogen-bond acceptors (Lipinski definition) is 2. The Bertz CT molecular complexity index is 309. The molecule has 2 aliphatic rings. The smallest absolute Gasteiger partial charge is 0.242 e. The van der Waals surface area contributed by atoms with Crippen molar-refractivity contribution in [1.29, 1.82) is 0 Å². The highest BCUT2D eigenvalue weighted by Crippen LogP contribution is 2.40. The van der Waals surface area contributed by atoms with Crippen molar-refractivity contribution < 1.29 is 4.79 Å². The monoisotopic (exact) mass is 238 g/mol. The van der Waals surface area contributed by atoms with Crippen LogP contribution in [0.1, 0.15) is 47.0 Å². The maximum absolute atomic E-state index is 12.6. The van der Waals surface area contributed by atoms with E-state index in [2.05, 4.69) is 20.8 Å². The van der Waals surface area contributed by atoms with Crippen LogP contribution in [0, 0.1) is 17.8 Å². The number of rotatable bonds is 2. The molecule has 0 radical (unpaired) electrons. The van der Waals surface area contributed by atoms with Gasteiger partial charge in [-0.1, -0.05) is 13.8 Å². The average molecular weight is 238 g/mol. The van der Waals surface area contributed by atoms with Gasteiger partial charge in [0.25, 0.3) is 0 Å². The van der Waals surface area contributed by atoms with Crippen molar-refractivity contribution in [1.82, 2.24) is 4.90 Å². The molecule has 0 aromatic heterocycles. The van der Waals surface area contributed by atoms with E-state index in [1.807, 2.05) is 11.8 Å². The summed E-state index contributed by atoms with van der Waals surface area (Å²) in [6, 6.07) is 0.334. The first-order valence-electron chi connectivity index (χ1n) is 6.94. The van der Waals surface area contributed by atoms with Gasteiger partial charge >= 0.3 is 0 Å². The number of nitrogens with two attached hydrogens (primary N) is 1. The first-order valence-corrected chi connectivity index (χ1v) is 6.94. The van der Waals surface area contributed by atoms with Crippen molar-refractivity contribution in [2.45, 2.75) is 58.5 Å². The normalized spacial score (nSPS) is 37.7. The molecule has 0 aromatic rings. The second-order valence-electron chi connectivity index (χ2n) is 6.57. The van der Waals surface area contributed by atoms with Crippen LogP contribution in [0.4, 0.5) is 0 Å². The molecule has 0 bridgehead atoms. The van der Waals surface area contributed by atoms with E-state index in [4.69, 9.17) is 5.73 Å². The van der Waals surface area contributed by atoms with Crippen LogP contribution in [0.5, 0.6) is 0 Å². The van der Waals surface area contributed by atoms with E-state index in [1.54, 1.807) is 0 Å². The SMILES string of the molecule is CC1CC(C)C(C)N(C(=O)C(C)(N)C2CC2)C1. The van der Waals surface area contributed by atoms with E-state index in [1.165, 1.54) is 6.42 Å². The lowest BCUT2D eigenvalue weighted by Gasteiger charge is -2.44. The fourth-order valence-electron chi connectivity index (χ4n) is 3.15. The van der Waals surface area contributed by atoms with Crippen LogP contribution in [-0.4, -0.2) is 28.9 Å². The zero-order valence-electron chi connectivity index (χ0n) is 11.6. The summed E-state index contributed by atoms with van der Waals surface area (Å²) in [5.74, 6) is 1.76. The largest absolute Gasteiger partial charge is 0.338 e. The molecule has 3 heteroatoms. The van der Waals surface area contributed by atoms with Crippen LogP contribution < -0.4 is 5.73 Å². The Morgan fingerprint density at radius 3 is 2.41 bits per heavy atom. The van der Waals surface area contributed by atoms with Gasteiger partial charge in [-0.25, -0.2) is 0 Å². The predicted octanol–water partition coefficient (Wildman–Crippen LogP) is 2.01.